The molecule has 0 spiro atoms. The number of hydrogen-bond acceptors (Lipinski definition) is 6. The van der Waals surface area contributed by atoms with Gasteiger partial charge in [0.15, 0.2) is 6.61 Å². The van der Waals surface area contributed by atoms with E-state index in [4.69, 9.17) is 4.74 Å². The number of thioether (sulfide) groups is 1. The fourth-order valence-corrected chi connectivity index (χ4v) is 3.02. The summed E-state index contributed by atoms with van der Waals surface area (Å²) in [6.45, 7) is 3.54. The van der Waals surface area contributed by atoms with Crippen molar-refractivity contribution in [3.8, 4) is 0 Å². The van der Waals surface area contributed by atoms with Crippen molar-refractivity contribution in [1.82, 2.24) is 0 Å². The molecule has 0 saturated carbocycles. The molecule has 8 heteroatoms. The number of para-hydroxylation sites is 1. The van der Waals surface area contributed by atoms with Crippen molar-refractivity contribution in [2.24, 2.45) is 0 Å². The third-order valence-corrected chi connectivity index (χ3v) is 4.59. The Labute approximate surface area is 161 Å². The van der Waals surface area contributed by atoms with Gasteiger partial charge in [0.25, 0.3) is 11.6 Å². The largest absolute Gasteiger partial charge is 0.452 e. The average molecular weight is 388 g/mol. The molecule has 1 N–H and O–H groups in total. The van der Waals surface area contributed by atoms with Crippen molar-refractivity contribution < 1.29 is 19.2 Å². The molecular weight excluding hydrogens is 368 g/mol. The summed E-state index contributed by atoms with van der Waals surface area (Å²) in [5.74, 6) is -1.05. The van der Waals surface area contributed by atoms with Gasteiger partial charge in [-0.05, 0) is 35.9 Å². The van der Waals surface area contributed by atoms with Crippen molar-refractivity contribution in [1.29, 1.82) is 0 Å². The molecule has 0 heterocycles. The van der Waals surface area contributed by atoms with E-state index < -0.39 is 23.4 Å². The minimum absolute atomic E-state index is 0.0230. The molecule has 0 saturated heterocycles. The Hall–Kier alpha value is -2.87. The van der Waals surface area contributed by atoms with E-state index in [2.05, 4.69) is 5.32 Å². The summed E-state index contributed by atoms with van der Waals surface area (Å²) >= 11 is 1.21. The van der Waals surface area contributed by atoms with Crippen LogP contribution in [0.1, 0.15) is 35.7 Å². The number of nitrogens with zero attached hydrogens (tertiary/aromatic N) is 1. The second kappa shape index (κ2) is 9.18. The van der Waals surface area contributed by atoms with E-state index in [-0.39, 0.29) is 17.2 Å². The summed E-state index contributed by atoms with van der Waals surface area (Å²) in [5.41, 5.74) is 1.48. The van der Waals surface area contributed by atoms with Gasteiger partial charge in [0.1, 0.15) is 0 Å². The summed E-state index contributed by atoms with van der Waals surface area (Å²) < 4.78 is 4.99. The number of rotatable bonds is 7. The average Bonchev–Trinajstić information content (AvgIpc) is 2.65. The molecule has 2 rings (SSSR count). The lowest BCUT2D eigenvalue weighted by Gasteiger charge is -2.13. The van der Waals surface area contributed by atoms with Crippen LogP contribution in [-0.2, 0) is 9.53 Å². The van der Waals surface area contributed by atoms with Gasteiger partial charge in [0.2, 0.25) is 0 Å². The first-order valence-corrected chi connectivity index (χ1v) is 9.44. The van der Waals surface area contributed by atoms with Crippen LogP contribution in [0.3, 0.4) is 0 Å². The van der Waals surface area contributed by atoms with E-state index in [1.54, 1.807) is 18.4 Å². The Bertz CT molecular complexity index is 867. The number of nitro benzene ring substituents is 1. The van der Waals surface area contributed by atoms with E-state index in [1.165, 1.54) is 23.9 Å². The fourth-order valence-electron chi connectivity index (χ4n) is 2.47. The molecule has 0 aliphatic carbocycles. The number of amides is 1. The Balaban J connectivity index is 2.02. The molecule has 0 atom stereocenters. The van der Waals surface area contributed by atoms with Crippen molar-refractivity contribution >= 4 is 35.0 Å². The lowest BCUT2D eigenvalue weighted by atomic mass is 10.0. The smallest absolute Gasteiger partial charge is 0.338 e. The zero-order chi connectivity index (χ0) is 20.0. The third-order valence-electron chi connectivity index (χ3n) is 3.80. The van der Waals surface area contributed by atoms with Crippen LogP contribution in [0.4, 0.5) is 11.4 Å². The molecule has 2 aromatic rings. The van der Waals surface area contributed by atoms with Gasteiger partial charge in [-0.15, -0.1) is 11.8 Å². The predicted octanol–water partition coefficient (Wildman–Crippen LogP) is 4.24. The number of carbonyl (C=O) groups excluding carboxylic acids is 2. The standard InChI is InChI=1S/C19H20N2O5S/c1-12(2)14-6-4-5-7-15(14)20-18(22)11-26-19(23)13-8-9-17(27-3)16(10-13)21(24)25/h4-10,12H,11H2,1-3H3,(H,20,22). The van der Waals surface area contributed by atoms with Gasteiger partial charge in [0, 0.05) is 11.8 Å². The van der Waals surface area contributed by atoms with Crippen LogP contribution in [0.25, 0.3) is 0 Å². The Morgan fingerprint density at radius 3 is 2.56 bits per heavy atom. The zero-order valence-corrected chi connectivity index (χ0v) is 16.0. The molecular formula is C19H20N2O5S. The maximum atomic E-state index is 12.1. The maximum Gasteiger partial charge on any atom is 0.338 e. The SMILES string of the molecule is CSc1ccc(C(=O)OCC(=O)Nc2ccccc2C(C)C)cc1[N+](=O)[O-]. The zero-order valence-electron chi connectivity index (χ0n) is 15.2. The number of nitro groups is 1. The molecule has 1 amide bonds. The van der Waals surface area contributed by atoms with E-state index in [9.17, 15) is 19.7 Å². The second-order valence-corrected chi connectivity index (χ2v) is 6.86. The van der Waals surface area contributed by atoms with Crippen molar-refractivity contribution in [2.45, 2.75) is 24.7 Å². The Morgan fingerprint density at radius 1 is 1.22 bits per heavy atom. The number of benzene rings is 2. The highest BCUT2D eigenvalue weighted by atomic mass is 32.2. The number of anilines is 1. The topological polar surface area (TPSA) is 98.5 Å². The van der Waals surface area contributed by atoms with Crippen LogP contribution < -0.4 is 5.32 Å². The van der Waals surface area contributed by atoms with Crippen molar-refractivity contribution in [3.63, 3.8) is 0 Å². The van der Waals surface area contributed by atoms with E-state index in [1.807, 2.05) is 26.0 Å². The minimum Gasteiger partial charge on any atom is -0.452 e. The molecule has 0 bridgehead atoms. The van der Waals surface area contributed by atoms with Gasteiger partial charge >= 0.3 is 5.97 Å². The molecule has 142 valence electrons. The second-order valence-electron chi connectivity index (χ2n) is 6.01. The monoisotopic (exact) mass is 388 g/mol. The minimum atomic E-state index is -0.793. The van der Waals surface area contributed by atoms with Gasteiger partial charge < -0.3 is 10.1 Å². The third kappa shape index (κ3) is 5.30. The number of nitrogens with one attached hydrogen (secondary N) is 1. The molecule has 0 fully saturated rings. The molecule has 7 nitrogen and oxygen atoms in total. The molecule has 0 radical (unpaired) electrons. The molecule has 2 aromatic carbocycles. The first-order valence-electron chi connectivity index (χ1n) is 8.21. The Morgan fingerprint density at radius 2 is 1.93 bits per heavy atom. The highest BCUT2D eigenvalue weighted by Gasteiger charge is 2.19. The van der Waals surface area contributed by atoms with Crippen LogP contribution in [0.5, 0.6) is 0 Å². The number of esters is 1. The molecule has 0 aliphatic heterocycles. The van der Waals surface area contributed by atoms with Crippen LogP contribution in [-0.4, -0.2) is 29.7 Å². The van der Waals surface area contributed by atoms with Crippen LogP contribution >= 0.6 is 11.8 Å². The predicted molar refractivity (Wildman–Crippen MR) is 104 cm³/mol. The number of ether oxygens (including phenoxy) is 1. The van der Waals surface area contributed by atoms with Gasteiger partial charge in [-0.25, -0.2) is 4.79 Å². The molecule has 27 heavy (non-hydrogen) atoms. The van der Waals surface area contributed by atoms with Crippen LogP contribution in [0, 0.1) is 10.1 Å². The maximum absolute atomic E-state index is 12.1. The summed E-state index contributed by atoms with van der Waals surface area (Å²) in [6, 6.07) is 11.5. The highest BCUT2D eigenvalue weighted by molar-refractivity contribution is 7.98. The molecule has 0 aliphatic rings. The summed E-state index contributed by atoms with van der Waals surface area (Å²) in [4.78, 5) is 35.2. The van der Waals surface area contributed by atoms with E-state index >= 15 is 0 Å². The van der Waals surface area contributed by atoms with Gasteiger partial charge in [-0.1, -0.05) is 32.0 Å². The fraction of sp³-hybridized carbons (Fsp3) is 0.263. The molecule has 0 aromatic heterocycles. The van der Waals surface area contributed by atoms with Gasteiger partial charge in [0.05, 0.1) is 15.4 Å². The van der Waals surface area contributed by atoms with Crippen LogP contribution in [0.2, 0.25) is 0 Å². The van der Waals surface area contributed by atoms with Crippen molar-refractivity contribution in [2.75, 3.05) is 18.2 Å². The van der Waals surface area contributed by atoms with Gasteiger partial charge in [-0.2, -0.15) is 0 Å². The van der Waals surface area contributed by atoms with Crippen molar-refractivity contribution in [3.05, 3.63) is 63.7 Å². The van der Waals surface area contributed by atoms with Crippen LogP contribution in [0.15, 0.2) is 47.4 Å². The highest BCUT2D eigenvalue weighted by Crippen LogP contribution is 2.28. The quantitative estimate of drug-likeness (QED) is 0.330. The van der Waals surface area contributed by atoms with E-state index in [0.29, 0.717) is 10.6 Å². The van der Waals surface area contributed by atoms with Gasteiger partial charge in [-0.3, -0.25) is 14.9 Å². The lowest BCUT2D eigenvalue weighted by molar-refractivity contribution is -0.387. The first kappa shape index (κ1) is 20.4. The number of carbonyl (C=O) groups is 2. The summed E-state index contributed by atoms with van der Waals surface area (Å²) in [6.07, 6.45) is 1.71. The normalized spacial score (nSPS) is 10.5. The summed E-state index contributed by atoms with van der Waals surface area (Å²) in [7, 11) is 0. The first-order chi connectivity index (χ1) is 12.8. The molecule has 0 unspecified atom stereocenters. The lowest BCUT2D eigenvalue weighted by Crippen LogP contribution is -2.21. The Kier molecular flexibility index (Phi) is 6.95. The summed E-state index contributed by atoms with van der Waals surface area (Å²) in [5, 5.41) is 13.8. The number of hydrogen-bond donors (Lipinski definition) is 1. The van der Waals surface area contributed by atoms with E-state index in [0.717, 1.165) is 11.6 Å².